The van der Waals surface area contributed by atoms with Crippen molar-refractivity contribution in [3.8, 4) is 0 Å². The van der Waals surface area contributed by atoms with E-state index in [4.69, 9.17) is 4.74 Å². The molecule has 4 nitrogen and oxygen atoms in total. The lowest BCUT2D eigenvalue weighted by Gasteiger charge is -2.32. The lowest BCUT2D eigenvalue weighted by atomic mass is 10.1. The van der Waals surface area contributed by atoms with E-state index < -0.39 is 5.72 Å². The maximum Gasteiger partial charge on any atom is 0.163 e. The molecule has 0 radical (unpaired) electrons. The van der Waals surface area contributed by atoms with Crippen molar-refractivity contribution in [2.24, 2.45) is 0 Å². The van der Waals surface area contributed by atoms with Gasteiger partial charge < -0.3 is 4.74 Å². The minimum absolute atomic E-state index is 0.466. The van der Waals surface area contributed by atoms with Crippen LogP contribution in [0.15, 0.2) is 54.6 Å². The molecule has 4 heteroatoms. The molecule has 0 unspecified atom stereocenters. The van der Waals surface area contributed by atoms with Crippen molar-refractivity contribution in [1.29, 1.82) is 0 Å². The number of rotatable bonds is 6. The highest BCUT2D eigenvalue weighted by Gasteiger charge is 2.32. The predicted octanol–water partition coefficient (Wildman–Crippen LogP) is 4.12. The zero-order valence-corrected chi connectivity index (χ0v) is 13.1. The smallest absolute Gasteiger partial charge is 0.163 e. The average molecular weight is 295 g/mol. The van der Waals surface area contributed by atoms with Gasteiger partial charge in [-0.2, -0.15) is 0 Å². The normalized spacial score (nSPS) is 11.9. The molecule has 0 spiro atoms. The number of hydrogen-bond donors (Lipinski definition) is 0. The summed E-state index contributed by atoms with van der Waals surface area (Å²) >= 11 is 0. The fourth-order valence-electron chi connectivity index (χ4n) is 2.78. The largest absolute Gasteiger partial charge is 0.349 e. The molecule has 3 rings (SSSR count). The Labute approximate surface area is 130 Å². The molecule has 0 N–H and O–H groups in total. The molecule has 0 fully saturated rings. The first-order chi connectivity index (χ1) is 10.8. The summed E-state index contributed by atoms with van der Waals surface area (Å²) in [7, 11) is 0. The molecule has 0 saturated carbocycles. The van der Waals surface area contributed by atoms with E-state index >= 15 is 0 Å². The maximum atomic E-state index is 6.33. The Morgan fingerprint density at radius 2 is 1.64 bits per heavy atom. The van der Waals surface area contributed by atoms with Crippen LogP contribution in [-0.2, 0) is 17.1 Å². The summed E-state index contributed by atoms with van der Waals surface area (Å²) < 4.78 is 8.26. The van der Waals surface area contributed by atoms with E-state index in [1.54, 1.807) is 0 Å². The number of para-hydroxylation sites is 1. The van der Waals surface area contributed by atoms with Gasteiger partial charge in [0.15, 0.2) is 5.72 Å². The van der Waals surface area contributed by atoms with E-state index in [-0.39, 0.29) is 0 Å². The first-order valence-corrected chi connectivity index (χ1v) is 7.78. The molecule has 0 aliphatic carbocycles. The Morgan fingerprint density at radius 1 is 0.955 bits per heavy atom. The standard InChI is InChI=1S/C18H21N3O/c1-3-18(4-2,22-14-15-10-6-5-7-11-15)21-17-13-9-8-12-16(17)19-20-21/h5-13H,3-4,14H2,1-2H3. The van der Waals surface area contributed by atoms with Crippen LogP contribution in [0.2, 0.25) is 0 Å². The van der Waals surface area contributed by atoms with Crippen molar-refractivity contribution in [2.75, 3.05) is 0 Å². The van der Waals surface area contributed by atoms with Gasteiger partial charge in [0, 0.05) is 0 Å². The van der Waals surface area contributed by atoms with Gasteiger partial charge in [0.05, 0.1) is 12.1 Å². The molecule has 2 aromatic carbocycles. The number of fused-ring (bicyclic) bond motifs is 1. The Bertz CT molecular complexity index is 732. The second kappa shape index (κ2) is 6.28. The molecule has 0 bridgehead atoms. The summed E-state index contributed by atoms with van der Waals surface area (Å²) in [5, 5.41) is 8.63. The van der Waals surface area contributed by atoms with Crippen LogP contribution in [0.1, 0.15) is 32.3 Å². The van der Waals surface area contributed by atoms with Gasteiger partial charge in [-0.1, -0.05) is 61.5 Å². The quantitative estimate of drug-likeness (QED) is 0.686. The summed E-state index contributed by atoms with van der Waals surface area (Å²) in [5.41, 5.74) is 2.61. The Kier molecular flexibility index (Phi) is 4.20. The van der Waals surface area contributed by atoms with E-state index in [2.05, 4.69) is 36.3 Å². The number of aromatic nitrogens is 3. The fraction of sp³-hybridized carbons (Fsp3) is 0.333. The average Bonchev–Trinajstić information content (AvgIpc) is 3.02. The van der Waals surface area contributed by atoms with Crippen molar-refractivity contribution < 1.29 is 4.74 Å². The van der Waals surface area contributed by atoms with Crippen LogP contribution >= 0.6 is 0 Å². The topological polar surface area (TPSA) is 39.9 Å². The molecule has 22 heavy (non-hydrogen) atoms. The minimum atomic E-state index is -0.466. The van der Waals surface area contributed by atoms with Crippen molar-refractivity contribution in [3.05, 3.63) is 60.2 Å². The fourth-order valence-corrected chi connectivity index (χ4v) is 2.78. The highest BCUT2D eigenvalue weighted by atomic mass is 16.5. The summed E-state index contributed by atoms with van der Waals surface area (Å²) in [6.07, 6.45) is 1.67. The van der Waals surface area contributed by atoms with Gasteiger partial charge >= 0.3 is 0 Å². The number of nitrogens with zero attached hydrogens (tertiary/aromatic N) is 3. The van der Waals surface area contributed by atoms with E-state index in [1.807, 2.05) is 47.1 Å². The monoisotopic (exact) mass is 295 g/mol. The molecule has 0 atom stereocenters. The van der Waals surface area contributed by atoms with Crippen molar-refractivity contribution in [3.63, 3.8) is 0 Å². The molecule has 3 aromatic rings. The minimum Gasteiger partial charge on any atom is -0.349 e. The van der Waals surface area contributed by atoms with E-state index in [9.17, 15) is 0 Å². The molecule has 0 amide bonds. The van der Waals surface area contributed by atoms with Gasteiger partial charge in [-0.3, -0.25) is 0 Å². The first-order valence-electron chi connectivity index (χ1n) is 7.78. The Balaban J connectivity index is 1.94. The predicted molar refractivity (Wildman–Crippen MR) is 87.3 cm³/mol. The summed E-state index contributed by atoms with van der Waals surface area (Å²) in [4.78, 5) is 0. The van der Waals surface area contributed by atoms with E-state index in [1.165, 1.54) is 0 Å². The SMILES string of the molecule is CCC(CC)(OCc1ccccc1)n1nnc2ccccc21. The van der Waals surface area contributed by atoms with Crippen molar-refractivity contribution in [2.45, 2.75) is 39.0 Å². The van der Waals surface area contributed by atoms with Crippen LogP contribution in [0.25, 0.3) is 11.0 Å². The van der Waals surface area contributed by atoms with Gasteiger partial charge in [-0.15, -0.1) is 5.10 Å². The molecular weight excluding hydrogens is 274 g/mol. The van der Waals surface area contributed by atoms with Crippen LogP contribution in [-0.4, -0.2) is 15.0 Å². The highest BCUT2D eigenvalue weighted by Crippen LogP contribution is 2.30. The van der Waals surface area contributed by atoms with Crippen molar-refractivity contribution in [1.82, 2.24) is 15.0 Å². The van der Waals surface area contributed by atoms with Crippen LogP contribution in [0.4, 0.5) is 0 Å². The maximum absolute atomic E-state index is 6.33. The second-order valence-corrected chi connectivity index (χ2v) is 5.42. The van der Waals surface area contributed by atoms with Crippen LogP contribution in [0.5, 0.6) is 0 Å². The molecule has 0 saturated heterocycles. The van der Waals surface area contributed by atoms with Crippen molar-refractivity contribution >= 4 is 11.0 Å². The highest BCUT2D eigenvalue weighted by molar-refractivity contribution is 5.74. The third kappa shape index (κ3) is 2.62. The molecule has 1 heterocycles. The number of ether oxygens (including phenoxy) is 1. The Morgan fingerprint density at radius 3 is 2.36 bits per heavy atom. The summed E-state index contributed by atoms with van der Waals surface area (Å²) in [6, 6.07) is 18.2. The van der Waals surface area contributed by atoms with Crippen LogP contribution in [0, 0.1) is 0 Å². The molecule has 1 aromatic heterocycles. The summed E-state index contributed by atoms with van der Waals surface area (Å²) in [6.45, 7) is 4.83. The van der Waals surface area contributed by atoms with Gasteiger partial charge in [-0.05, 0) is 30.5 Å². The van der Waals surface area contributed by atoms with Gasteiger partial charge in [0.2, 0.25) is 0 Å². The summed E-state index contributed by atoms with van der Waals surface area (Å²) in [5.74, 6) is 0. The third-order valence-corrected chi connectivity index (χ3v) is 4.19. The zero-order chi connectivity index (χ0) is 15.4. The van der Waals surface area contributed by atoms with E-state index in [0.29, 0.717) is 6.61 Å². The van der Waals surface area contributed by atoms with Crippen LogP contribution in [0.3, 0.4) is 0 Å². The molecule has 0 aliphatic rings. The zero-order valence-electron chi connectivity index (χ0n) is 13.1. The Hall–Kier alpha value is -2.20. The molecule has 114 valence electrons. The lowest BCUT2D eigenvalue weighted by Crippen LogP contribution is -2.36. The first kappa shape index (κ1) is 14.7. The number of benzene rings is 2. The van der Waals surface area contributed by atoms with Gasteiger partial charge in [0.1, 0.15) is 5.52 Å². The third-order valence-electron chi connectivity index (χ3n) is 4.19. The number of hydrogen-bond acceptors (Lipinski definition) is 3. The van der Waals surface area contributed by atoms with Gasteiger partial charge in [-0.25, -0.2) is 4.68 Å². The van der Waals surface area contributed by atoms with Crippen LogP contribution < -0.4 is 0 Å². The van der Waals surface area contributed by atoms with Gasteiger partial charge in [0.25, 0.3) is 0 Å². The lowest BCUT2D eigenvalue weighted by molar-refractivity contribution is -0.129. The molecule has 0 aliphatic heterocycles. The molecular formula is C18H21N3O. The van der Waals surface area contributed by atoms with E-state index in [0.717, 1.165) is 29.4 Å². The second-order valence-electron chi connectivity index (χ2n) is 5.42.